The molecule has 0 aliphatic heterocycles. The highest BCUT2D eigenvalue weighted by molar-refractivity contribution is 6.10. The number of hydrogen-bond acceptors (Lipinski definition) is 7. The second-order valence-electron chi connectivity index (χ2n) is 5.11. The number of rotatable bonds is 5. The number of aryl methyl sites for hydroxylation is 1. The molecule has 0 atom stereocenters. The van der Waals surface area contributed by atoms with Crippen LogP contribution in [0.4, 0.5) is 5.69 Å². The lowest BCUT2D eigenvalue weighted by molar-refractivity contribution is 0.0597. The first-order valence-electron chi connectivity index (χ1n) is 7.16. The van der Waals surface area contributed by atoms with Crippen LogP contribution in [0, 0.1) is 0 Å². The van der Waals surface area contributed by atoms with Crippen LogP contribution in [0.5, 0.6) is 0 Å². The summed E-state index contributed by atoms with van der Waals surface area (Å²) in [5.41, 5.74) is -0.527. The Morgan fingerprint density at radius 3 is 2.04 bits per heavy atom. The number of carbonyl (C=O) groups excluding carboxylic acids is 3. The first-order chi connectivity index (χ1) is 12.3. The maximum atomic E-state index is 12.4. The van der Waals surface area contributed by atoms with Crippen molar-refractivity contribution in [2.75, 3.05) is 19.5 Å². The van der Waals surface area contributed by atoms with E-state index in [-0.39, 0.29) is 28.1 Å². The van der Waals surface area contributed by atoms with Gasteiger partial charge in [-0.15, -0.1) is 0 Å². The van der Waals surface area contributed by atoms with Crippen molar-refractivity contribution in [2.24, 2.45) is 7.05 Å². The first kappa shape index (κ1) is 18.6. The SMILES string of the molecule is COC(=O)c1cc(NC(=O)c2nn(C)cc2C(=O)O)cc(C(=O)OC)c1. The monoisotopic (exact) mass is 361 g/mol. The number of carboxylic acid groups (broad SMARTS) is 1. The van der Waals surface area contributed by atoms with Gasteiger partial charge >= 0.3 is 17.9 Å². The molecule has 2 aromatic rings. The van der Waals surface area contributed by atoms with Crippen molar-refractivity contribution in [2.45, 2.75) is 0 Å². The maximum Gasteiger partial charge on any atom is 0.339 e. The summed E-state index contributed by atoms with van der Waals surface area (Å²) in [6.45, 7) is 0. The van der Waals surface area contributed by atoms with Crippen molar-refractivity contribution in [3.63, 3.8) is 0 Å². The molecule has 26 heavy (non-hydrogen) atoms. The zero-order chi connectivity index (χ0) is 19.4. The second-order valence-corrected chi connectivity index (χ2v) is 5.11. The van der Waals surface area contributed by atoms with Gasteiger partial charge in [0.15, 0.2) is 5.69 Å². The lowest BCUT2D eigenvalue weighted by Crippen LogP contribution is -2.17. The number of carboxylic acids is 1. The van der Waals surface area contributed by atoms with Crippen LogP contribution in [0.2, 0.25) is 0 Å². The van der Waals surface area contributed by atoms with E-state index in [1.54, 1.807) is 0 Å². The molecule has 0 saturated carbocycles. The summed E-state index contributed by atoms with van der Waals surface area (Å²) in [6, 6.07) is 3.80. The quantitative estimate of drug-likeness (QED) is 0.751. The van der Waals surface area contributed by atoms with E-state index >= 15 is 0 Å². The van der Waals surface area contributed by atoms with E-state index in [2.05, 4.69) is 19.9 Å². The molecular weight excluding hydrogens is 346 g/mol. The molecule has 0 saturated heterocycles. The van der Waals surface area contributed by atoms with Crippen LogP contribution in [-0.4, -0.2) is 52.9 Å². The number of benzene rings is 1. The largest absolute Gasteiger partial charge is 0.478 e. The molecule has 136 valence electrons. The van der Waals surface area contributed by atoms with Crippen molar-refractivity contribution < 1.29 is 33.8 Å². The number of hydrogen-bond donors (Lipinski definition) is 2. The van der Waals surface area contributed by atoms with Crippen LogP contribution in [0.15, 0.2) is 24.4 Å². The fourth-order valence-corrected chi connectivity index (χ4v) is 2.17. The lowest BCUT2D eigenvalue weighted by atomic mass is 10.1. The molecule has 1 heterocycles. The number of nitrogens with zero attached hydrogens (tertiary/aromatic N) is 2. The number of methoxy groups -OCH3 is 2. The van der Waals surface area contributed by atoms with Crippen molar-refractivity contribution in [3.05, 3.63) is 46.8 Å². The normalized spacial score (nSPS) is 10.1. The van der Waals surface area contributed by atoms with Crippen molar-refractivity contribution in [3.8, 4) is 0 Å². The number of anilines is 1. The van der Waals surface area contributed by atoms with Crippen LogP contribution in [0.25, 0.3) is 0 Å². The zero-order valence-electron chi connectivity index (χ0n) is 14.1. The molecule has 2 rings (SSSR count). The van der Waals surface area contributed by atoms with E-state index < -0.39 is 23.8 Å². The van der Waals surface area contributed by atoms with Gasteiger partial charge in [-0.25, -0.2) is 14.4 Å². The van der Waals surface area contributed by atoms with Crippen molar-refractivity contribution in [1.82, 2.24) is 9.78 Å². The minimum Gasteiger partial charge on any atom is -0.478 e. The third kappa shape index (κ3) is 3.86. The Labute approximate surface area is 147 Å². The molecule has 0 bridgehead atoms. The van der Waals surface area contributed by atoms with Gasteiger partial charge in [0.25, 0.3) is 5.91 Å². The molecule has 2 N–H and O–H groups in total. The third-order valence-electron chi connectivity index (χ3n) is 3.31. The van der Waals surface area contributed by atoms with Gasteiger partial charge in [0.05, 0.1) is 25.3 Å². The van der Waals surface area contributed by atoms with Gasteiger partial charge in [-0.2, -0.15) is 5.10 Å². The summed E-state index contributed by atoms with van der Waals surface area (Å²) in [4.78, 5) is 47.1. The molecule has 1 aromatic carbocycles. The topological polar surface area (TPSA) is 137 Å². The van der Waals surface area contributed by atoms with Crippen molar-refractivity contribution >= 4 is 29.5 Å². The Morgan fingerprint density at radius 1 is 1.04 bits per heavy atom. The fourth-order valence-electron chi connectivity index (χ4n) is 2.17. The van der Waals surface area contributed by atoms with E-state index in [9.17, 15) is 19.2 Å². The van der Waals surface area contributed by atoms with Crippen LogP contribution in [0.3, 0.4) is 0 Å². The molecule has 0 aliphatic carbocycles. The number of aromatic carboxylic acids is 1. The number of esters is 2. The summed E-state index contributed by atoms with van der Waals surface area (Å²) < 4.78 is 10.4. The van der Waals surface area contributed by atoms with Gasteiger partial charge in [-0.05, 0) is 18.2 Å². The van der Waals surface area contributed by atoms with Crippen LogP contribution < -0.4 is 5.32 Å². The number of aromatic nitrogens is 2. The first-order valence-corrected chi connectivity index (χ1v) is 7.16. The number of ether oxygens (including phenoxy) is 2. The summed E-state index contributed by atoms with van der Waals surface area (Å²) in [7, 11) is 3.80. The van der Waals surface area contributed by atoms with Gasteiger partial charge < -0.3 is 19.9 Å². The van der Waals surface area contributed by atoms with E-state index in [1.807, 2.05) is 0 Å². The Kier molecular flexibility index (Phi) is 5.36. The van der Waals surface area contributed by atoms with Crippen LogP contribution in [-0.2, 0) is 16.5 Å². The van der Waals surface area contributed by atoms with Crippen molar-refractivity contribution in [1.29, 1.82) is 0 Å². The standard InChI is InChI=1S/C16H15N3O7/c1-19-7-11(14(21)22)12(18-19)13(20)17-10-5-8(15(23)25-2)4-9(6-10)16(24)26-3/h4-7H,1-3H3,(H,17,20)(H,21,22). The lowest BCUT2D eigenvalue weighted by Gasteiger charge is -2.09. The predicted octanol–water partition coefficient (Wildman–Crippen LogP) is 0.944. The average molecular weight is 361 g/mol. The Bertz CT molecular complexity index is 867. The van der Waals surface area contributed by atoms with Gasteiger partial charge in [0, 0.05) is 18.9 Å². The molecule has 0 spiro atoms. The minimum atomic E-state index is -1.32. The molecule has 0 fully saturated rings. The fraction of sp³-hybridized carbons (Fsp3) is 0.188. The Morgan fingerprint density at radius 2 is 1.58 bits per heavy atom. The molecule has 10 nitrogen and oxygen atoms in total. The number of carbonyl (C=O) groups is 4. The highest BCUT2D eigenvalue weighted by Gasteiger charge is 2.22. The summed E-state index contributed by atoms with van der Waals surface area (Å²) >= 11 is 0. The van der Waals surface area contributed by atoms with Crippen LogP contribution in [0.1, 0.15) is 41.6 Å². The Balaban J connectivity index is 2.42. The van der Waals surface area contributed by atoms with Gasteiger partial charge in [0.1, 0.15) is 5.56 Å². The number of amides is 1. The molecule has 0 aliphatic rings. The highest BCUT2D eigenvalue weighted by Crippen LogP contribution is 2.18. The van der Waals surface area contributed by atoms with E-state index in [0.717, 1.165) is 0 Å². The molecule has 0 radical (unpaired) electrons. The van der Waals surface area contributed by atoms with E-state index in [0.29, 0.717) is 0 Å². The maximum absolute atomic E-state index is 12.4. The predicted molar refractivity (Wildman–Crippen MR) is 87.2 cm³/mol. The van der Waals surface area contributed by atoms with E-state index in [1.165, 1.54) is 50.3 Å². The minimum absolute atomic E-state index is 0.00480. The third-order valence-corrected chi connectivity index (χ3v) is 3.31. The van der Waals surface area contributed by atoms with Crippen LogP contribution >= 0.6 is 0 Å². The summed E-state index contributed by atoms with van der Waals surface area (Å²) in [6.07, 6.45) is 1.18. The van der Waals surface area contributed by atoms with Gasteiger partial charge in [0.2, 0.25) is 0 Å². The second kappa shape index (κ2) is 7.47. The summed E-state index contributed by atoms with van der Waals surface area (Å²) in [5.74, 6) is -3.59. The summed E-state index contributed by atoms with van der Waals surface area (Å²) in [5, 5.41) is 15.4. The zero-order valence-corrected chi connectivity index (χ0v) is 14.1. The van der Waals surface area contributed by atoms with Gasteiger partial charge in [-0.1, -0.05) is 0 Å². The van der Waals surface area contributed by atoms with Gasteiger partial charge in [-0.3, -0.25) is 9.48 Å². The molecule has 10 heteroatoms. The smallest absolute Gasteiger partial charge is 0.339 e. The molecule has 0 unspecified atom stereocenters. The molecule has 1 amide bonds. The van der Waals surface area contributed by atoms with E-state index in [4.69, 9.17) is 5.11 Å². The molecular formula is C16H15N3O7. The molecule has 1 aromatic heterocycles. The Hall–Kier alpha value is -3.69. The average Bonchev–Trinajstić information content (AvgIpc) is 3.02. The highest BCUT2D eigenvalue weighted by atomic mass is 16.5. The number of nitrogens with one attached hydrogen (secondary N) is 1.